The summed E-state index contributed by atoms with van der Waals surface area (Å²) in [4.78, 5) is 19.0. The van der Waals surface area contributed by atoms with Crippen LogP contribution in [0.5, 0.6) is 5.75 Å². The van der Waals surface area contributed by atoms with Gasteiger partial charge in [0.1, 0.15) is 17.3 Å². The van der Waals surface area contributed by atoms with E-state index in [2.05, 4.69) is 0 Å². The molecule has 7 heteroatoms. The number of furan rings is 1. The number of para-hydroxylation sites is 1. The molecular formula is C34H26N4O3. The zero-order chi connectivity index (χ0) is 28.1. The normalized spacial score (nSPS) is 15.7. The summed E-state index contributed by atoms with van der Waals surface area (Å²) in [6.45, 7) is 1.88. The highest BCUT2D eigenvalue weighted by Gasteiger charge is 2.42. The lowest BCUT2D eigenvalue weighted by Gasteiger charge is -2.35. The van der Waals surface area contributed by atoms with E-state index in [1.165, 1.54) is 6.07 Å². The molecule has 0 bridgehead atoms. The molecule has 3 heterocycles. The Morgan fingerprint density at radius 1 is 0.878 bits per heavy atom. The number of aromatic hydroxyl groups is 1. The van der Waals surface area contributed by atoms with Crippen molar-refractivity contribution in [2.45, 2.75) is 13.1 Å². The molecule has 0 unspecified atom stereocenters. The maximum absolute atomic E-state index is 14.0. The molecule has 0 spiro atoms. The molecule has 3 N–H and O–H groups in total. The molecule has 2 aliphatic heterocycles. The van der Waals surface area contributed by atoms with Crippen molar-refractivity contribution in [2.75, 3.05) is 5.01 Å². The molecule has 2 aliphatic rings. The van der Waals surface area contributed by atoms with Gasteiger partial charge in [0.25, 0.3) is 0 Å². The van der Waals surface area contributed by atoms with Gasteiger partial charge in [-0.2, -0.15) is 0 Å². The van der Waals surface area contributed by atoms with Crippen LogP contribution in [0.1, 0.15) is 15.9 Å². The fraction of sp³-hybridized carbons (Fsp3) is 0.0588. The summed E-state index contributed by atoms with van der Waals surface area (Å²) < 4.78 is 6.47. The lowest BCUT2D eigenvalue weighted by Crippen LogP contribution is -2.51. The van der Waals surface area contributed by atoms with Crippen LogP contribution in [0.25, 0.3) is 28.3 Å². The van der Waals surface area contributed by atoms with Crippen molar-refractivity contribution in [3.63, 3.8) is 0 Å². The number of aryl methyl sites for hydroxylation is 1. The van der Waals surface area contributed by atoms with E-state index in [1.54, 1.807) is 18.3 Å². The number of rotatable bonds is 5. The highest BCUT2D eigenvalue weighted by molar-refractivity contribution is 6.12. The highest BCUT2D eigenvalue weighted by Crippen LogP contribution is 2.37. The molecule has 0 amide bonds. The molecule has 1 aromatic heterocycles. The van der Waals surface area contributed by atoms with Crippen LogP contribution < -0.4 is 21.5 Å². The second-order valence-corrected chi connectivity index (χ2v) is 10.1. The van der Waals surface area contributed by atoms with Gasteiger partial charge in [0, 0.05) is 17.3 Å². The van der Waals surface area contributed by atoms with Crippen LogP contribution in [0.4, 0.5) is 5.69 Å². The van der Waals surface area contributed by atoms with Crippen LogP contribution in [-0.4, -0.2) is 22.1 Å². The summed E-state index contributed by atoms with van der Waals surface area (Å²) in [7, 11) is 0. The number of hydrogen-bond acceptors (Lipinski definition) is 7. The van der Waals surface area contributed by atoms with Crippen LogP contribution in [0.3, 0.4) is 0 Å². The topological polar surface area (TPSA) is 95.3 Å². The third-order valence-electron chi connectivity index (χ3n) is 7.41. The van der Waals surface area contributed by atoms with Gasteiger partial charge in [-0.05, 0) is 36.8 Å². The summed E-state index contributed by atoms with van der Waals surface area (Å²) in [5.41, 5.74) is 12.3. The maximum Gasteiger partial charge on any atom is 0.229 e. The van der Waals surface area contributed by atoms with E-state index in [9.17, 15) is 9.90 Å². The zero-order valence-electron chi connectivity index (χ0n) is 22.2. The minimum absolute atomic E-state index is 0.0876. The number of phenolic OH excluding ortho intramolecular Hbond substituents is 1. The van der Waals surface area contributed by atoms with Crippen molar-refractivity contribution in [1.82, 2.24) is 5.01 Å². The molecule has 1 atom stereocenters. The number of carbonyl (C=O) groups excluding carboxylic acids is 1. The molecule has 7 rings (SSSR count). The Balaban J connectivity index is 1.49. The summed E-state index contributed by atoms with van der Waals surface area (Å²) in [5, 5.41) is 14.9. The number of benzene rings is 4. The Hall–Kier alpha value is -5.56. The van der Waals surface area contributed by atoms with Crippen molar-refractivity contribution < 1.29 is 14.3 Å². The molecule has 0 fully saturated rings. The molecule has 0 saturated carbocycles. The van der Waals surface area contributed by atoms with Crippen molar-refractivity contribution in [1.29, 1.82) is 0 Å². The van der Waals surface area contributed by atoms with E-state index < -0.39 is 6.17 Å². The summed E-state index contributed by atoms with van der Waals surface area (Å²) in [6.07, 6.45) is 0.945. The van der Waals surface area contributed by atoms with Crippen LogP contribution in [0.2, 0.25) is 0 Å². The first-order valence-corrected chi connectivity index (χ1v) is 13.3. The number of carbonyl (C=O) groups is 1. The van der Waals surface area contributed by atoms with E-state index >= 15 is 0 Å². The Bertz CT molecular complexity index is 1950. The Labute approximate surface area is 236 Å². The number of fused-ring (bicyclic) bond motifs is 2. The Morgan fingerprint density at radius 2 is 1.51 bits per heavy atom. The number of phenols is 1. The fourth-order valence-electron chi connectivity index (χ4n) is 5.47. The number of hydrazine groups is 1. The standard InChI is InChI=1S/C34H26N4O3/c1-21-17-18-27(39)25(19-21)30(40)26-20-37(24-15-9-4-10-16-24)38-32(35)29-28(22-11-5-2-6-12-22)31(23-13-7-3-8-14-23)41-34(29)36-33(26)38/h2-20,33,39H,35H2,1H3/t33-/m0/s1. The summed E-state index contributed by atoms with van der Waals surface area (Å²) >= 11 is 0. The molecule has 0 radical (unpaired) electrons. The second kappa shape index (κ2) is 9.57. The van der Waals surface area contributed by atoms with Gasteiger partial charge >= 0.3 is 0 Å². The lowest BCUT2D eigenvalue weighted by molar-refractivity contribution is 0.102. The minimum Gasteiger partial charge on any atom is -0.507 e. The summed E-state index contributed by atoms with van der Waals surface area (Å²) in [6, 6.07) is 34.4. The summed E-state index contributed by atoms with van der Waals surface area (Å²) in [5.74, 6) is 0.628. The van der Waals surface area contributed by atoms with Gasteiger partial charge in [-0.3, -0.25) is 9.80 Å². The van der Waals surface area contributed by atoms with E-state index in [1.807, 2.05) is 108 Å². The van der Waals surface area contributed by atoms with Gasteiger partial charge in [-0.1, -0.05) is 90.5 Å². The SMILES string of the molecule is Cc1ccc(O)c(C(=O)C2=CN(c3ccccc3)N3C(N)=c4c(-c5ccccc5)c(-c5ccccc5)oc4=N[C@H]23)c1. The molecule has 0 saturated heterocycles. The van der Waals surface area contributed by atoms with Crippen molar-refractivity contribution >= 4 is 17.3 Å². The molecular weight excluding hydrogens is 512 g/mol. The predicted octanol–water partition coefficient (Wildman–Crippen LogP) is 5.12. The van der Waals surface area contributed by atoms with E-state index in [4.69, 9.17) is 15.1 Å². The number of ketones is 1. The average Bonchev–Trinajstić information content (AvgIpc) is 3.59. The number of nitrogens with zero attached hydrogens (tertiary/aromatic N) is 3. The van der Waals surface area contributed by atoms with E-state index in [0.717, 1.165) is 27.9 Å². The number of anilines is 1. The highest BCUT2D eigenvalue weighted by atomic mass is 16.3. The minimum atomic E-state index is -0.798. The first kappa shape index (κ1) is 24.5. The first-order valence-electron chi connectivity index (χ1n) is 13.3. The number of hydrogen-bond donors (Lipinski definition) is 2. The third kappa shape index (κ3) is 3.98. The monoisotopic (exact) mass is 538 g/mol. The van der Waals surface area contributed by atoms with Crippen LogP contribution in [-0.2, 0) is 0 Å². The molecule has 0 aliphatic carbocycles. The van der Waals surface area contributed by atoms with Gasteiger partial charge in [-0.25, -0.2) is 10.0 Å². The van der Waals surface area contributed by atoms with Crippen LogP contribution >= 0.6 is 0 Å². The van der Waals surface area contributed by atoms with Gasteiger partial charge in [0.2, 0.25) is 5.55 Å². The Morgan fingerprint density at radius 3 is 2.20 bits per heavy atom. The van der Waals surface area contributed by atoms with Crippen molar-refractivity contribution in [3.8, 4) is 28.2 Å². The van der Waals surface area contributed by atoms with E-state index in [0.29, 0.717) is 27.9 Å². The molecule has 200 valence electrons. The zero-order valence-corrected chi connectivity index (χ0v) is 22.2. The smallest absolute Gasteiger partial charge is 0.229 e. The predicted molar refractivity (Wildman–Crippen MR) is 158 cm³/mol. The van der Waals surface area contributed by atoms with Gasteiger partial charge in [-0.15, -0.1) is 0 Å². The molecule has 41 heavy (non-hydrogen) atoms. The number of Topliss-reactive ketones (excluding diaryl/α,β-unsaturated/α-hetero) is 1. The van der Waals surface area contributed by atoms with E-state index in [-0.39, 0.29) is 17.1 Å². The molecule has 7 nitrogen and oxygen atoms in total. The lowest BCUT2D eigenvalue weighted by atomic mass is 9.98. The fourth-order valence-corrected chi connectivity index (χ4v) is 5.47. The van der Waals surface area contributed by atoms with Gasteiger partial charge in [0.15, 0.2) is 11.9 Å². The van der Waals surface area contributed by atoms with Crippen molar-refractivity contribution in [3.05, 3.63) is 143 Å². The van der Waals surface area contributed by atoms with Gasteiger partial charge in [0.05, 0.1) is 22.0 Å². The maximum atomic E-state index is 14.0. The Kier molecular flexibility index (Phi) is 5.71. The average molecular weight is 539 g/mol. The third-order valence-corrected chi connectivity index (χ3v) is 7.41. The number of nitrogens with two attached hydrogens (primary N) is 1. The molecule has 4 aromatic carbocycles. The van der Waals surface area contributed by atoms with Crippen LogP contribution in [0.15, 0.2) is 130 Å². The van der Waals surface area contributed by atoms with Crippen LogP contribution in [0, 0.1) is 6.92 Å². The van der Waals surface area contributed by atoms with Gasteiger partial charge < -0.3 is 15.3 Å². The second-order valence-electron chi connectivity index (χ2n) is 10.1. The largest absolute Gasteiger partial charge is 0.507 e. The quantitative estimate of drug-likeness (QED) is 0.302. The van der Waals surface area contributed by atoms with Crippen molar-refractivity contribution in [2.24, 2.45) is 10.7 Å². The molecule has 5 aromatic rings. The first-order chi connectivity index (χ1) is 20.0.